The van der Waals surface area contributed by atoms with Gasteiger partial charge in [-0.15, -0.1) is 0 Å². The second-order valence-electron chi connectivity index (χ2n) is 9.17. The molecule has 4 rings (SSSR count). The standard InChI is InChI=1S/C26H25F2N3O3/c1-26(2)11-18-23(19(32)12-26)22(14-8-9-20(33-3)21(10-14)34-4)15(13-29)25(30)31(18)24-16(27)6-5-7-17(24)28/h5-10,22H,11-12,30H2,1-4H3/t22-/m0/s1. The van der Waals surface area contributed by atoms with Crippen LogP contribution in [0.1, 0.15) is 38.2 Å². The van der Waals surface area contributed by atoms with E-state index in [1.807, 2.05) is 13.8 Å². The summed E-state index contributed by atoms with van der Waals surface area (Å²) in [6, 6.07) is 10.7. The summed E-state index contributed by atoms with van der Waals surface area (Å²) in [4.78, 5) is 14.7. The number of carbonyl (C=O) groups excluding carboxylic acids is 1. The van der Waals surface area contributed by atoms with Gasteiger partial charge in [0.2, 0.25) is 0 Å². The predicted octanol–water partition coefficient (Wildman–Crippen LogP) is 4.92. The smallest absolute Gasteiger partial charge is 0.162 e. The molecule has 0 saturated carbocycles. The Balaban J connectivity index is 2.04. The number of halogens is 2. The zero-order chi connectivity index (χ0) is 24.8. The summed E-state index contributed by atoms with van der Waals surface area (Å²) in [5.74, 6) is -1.90. The molecule has 176 valence electrons. The number of benzene rings is 2. The molecule has 2 N–H and O–H groups in total. The largest absolute Gasteiger partial charge is 0.493 e. The van der Waals surface area contributed by atoms with Crippen LogP contribution in [0.4, 0.5) is 14.5 Å². The van der Waals surface area contributed by atoms with Crippen LogP contribution >= 0.6 is 0 Å². The van der Waals surface area contributed by atoms with Crippen LogP contribution in [0.5, 0.6) is 11.5 Å². The summed E-state index contributed by atoms with van der Waals surface area (Å²) in [5, 5.41) is 10.1. The quantitative estimate of drug-likeness (QED) is 0.689. The zero-order valence-corrected chi connectivity index (χ0v) is 19.4. The Morgan fingerprint density at radius 2 is 1.74 bits per heavy atom. The predicted molar refractivity (Wildman–Crippen MR) is 123 cm³/mol. The number of nitriles is 1. The summed E-state index contributed by atoms with van der Waals surface area (Å²) >= 11 is 0. The molecule has 0 unspecified atom stereocenters. The molecule has 0 saturated heterocycles. The van der Waals surface area contributed by atoms with Crippen molar-refractivity contribution in [3.8, 4) is 17.6 Å². The summed E-state index contributed by atoms with van der Waals surface area (Å²) in [7, 11) is 2.99. The number of hydrogen-bond donors (Lipinski definition) is 1. The van der Waals surface area contributed by atoms with Gasteiger partial charge in [-0.25, -0.2) is 8.78 Å². The zero-order valence-electron chi connectivity index (χ0n) is 19.4. The molecule has 1 aliphatic carbocycles. The molecular weight excluding hydrogens is 440 g/mol. The van der Waals surface area contributed by atoms with Gasteiger partial charge in [-0.2, -0.15) is 5.26 Å². The summed E-state index contributed by atoms with van der Waals surface area (Å²) < 4.78 is 40.5. The number of allylic oxidation sites excluding steroid dienone is 3. The van der Waals surface area contributed by atoms with E-state index in [4.69, 9.17) is 15.2 Å². The van der Waals surface area contributed by atoms with Crippen LogP contribution < -0.4 is 20.1 Å². The minimum absolute atomic E-state index is 0.0293. The van der Waals surface area contributed by atoms with Crippen molar-refractivity contribution >= 4 is 11.5 Å². The van der Waals surface area contributed by atoms with E-state index >= 15 is 0 Å². The highest BCUT2D eigenvalue weighted by Crippen LogP contribution is 2.51. The maximum absolute atomic E-state index is 14.9. The molecule has 0 radical (unpaired) electrons. The topological polar surface area (TPSA) is 88.6 Å². The molecule has 1 heterocycles. The second-order valence-corrected chi connectivity index (χ2v) is 9.17. The Labute approximate surface area is 196 Å². The molecular formula is C26H25F2N3O3. The first-order valence-electron chi connectivity index (χ1n) is 10.8. The molecule has 6 nitrogen and oxygen atoms in total. The van der Waals surface area contributed by atoms with Gasteiger partial charge in [0.15, 0.2) is 17.3 Å². The molecule has 34 heavy (non-hydrogen) atoms. The fraction of sp³-hybridized carbons (Fsp3) is 0.308. The number of para-hydroxylation sites is 1. The average Bonchev–Trinajstić information content (AvgIpc) is 2.78. The monoisotopic (exact) mass is 465 g/mol. The van der Waals surface area contributed by atoms with Crippen LogP contribution in [0.15, 0.2) is 59.1 Å². The molecule has 8 heteroatoms. The molecule has 0 amide bonds. The van der Waals surface area contributed by atoms with Crippen molar-refractivity contribution in [2.24, 2.45) is 11.1 Å². The molecule has 0 aromatic heterocycles. The van der Waals surface area contributed by atoms with Crippen molar-refractivity contribution in [1.82, 2.24) is 0 Å². The number of ether oxygens (including phenoxy) is 2. The van der Waals surface area contributed by atoms with E-state index in [2.05, 4.69) is 6.07 Å². The molecule has 2 aliphatic rings. The lowest BCUT2D eigenvalue weighted by Gasteiger charge is -2.43. The maximum atomic E-state index is 14.9. The van der Waals surface area contributed by atoms with E-state index in [-0.39, 0.29) is 23.6 Å². The van der Waals surface area contributed by atoms with Crippen molar-refractivity contribution in [2.75, 3.05) is 19.1 Å². The number of ketones is 1. The van der Waals surface area contributed by atoms with Gasteiger partial charge in [0.1, 0.15) is 23.1 Å². The van der Waals surface area contributed by atoms with Gasteiger partial charge in [0.25, 0.3) is 0 Å². The Morgan fingerprint density at radius 3 is 2.32 bits per heavy atom. The lowest BCUT2D eigenvalue weighted by Crippen LogP contribution is -2.42. The van der Waals surface area contributed by atoms with Crippen molar-refractivity contribution in [1.29, 1.82) is 5.26 Å². The number of Topliss-reactive ketones (excluding diaryl/α,β-unsaturated/α-hetero) is 1. The normalized spacial score (nSPS) is 19.6. The Kier molecular flexibility index (Phi) is 5.82. The van der Waals surface area contributed by atoms with Gasteiger partial charge in [-0.05, 0) is 41.7 Å². The summed E-state index contributed by atoms with van der Waals surface area (Å²) in [6.45, 7) is 3.82. The van der Waals surface area contributed by atoms with Crippen molar-refractivity contribution in [2.45, 2.75) is 32.6 Å². The lowest BCUT2D eigenvalue weighted by molar-refractivity contribution is -0.118. The minimum atomic E-state index is -0.840. The Morgan fingerprint density at radius 1 is 1.09 bits per heavy atom. The Bertz CT molecular complexity index is 1270. The highest BCUT2D eigenvalue weighted by molar-refractivity contribution is 6.01. The van der Waals surface area contributed by atoms with Crippen molar-refractivity contribution in [3.05, 3.63) is 76.3 Å². The lowest BCUT2D eigenvalue weighted by atomic mass is 9.68. The van der Waals surface area contributed by atoms with Crippen molar-refractivity contribution < 1.29 is 23.0 Å². The summed E-state index contributed by atoms with van der Waals surface area (Å²) in [6.07, 6.45) is 0.562. The third-order valence-electron chi connectivity index (χ3n) is 6.28. The van der Waals surface area contributed by atoms with Gasteiger partial charge in [0, 0.05) is 17.7 Å². The molecule has 2 aromatic rings. The van der Waals surface area contributed by atoms with Gasteiger partial charge in [-0.1, -0.05) is 26.0 Å². The minimum Gasteiger partial charge on any atom is -0.493 e. The summed E-state index contributed by atoms with van der Waals surface area (Å²) in [5.41, 5.74) is 6.89. The van der Waals surface area contributed by atoms with Crippen LogP contribution in [-0.4, -0.2) is 20.0 Å². The number of anilines is 1. The highest BCUT2D eigenvalue weighted by atomic mass is 19.1. The third kappa shape index (κ3) is 3.67. The van der Waals surface area contributed by atoms with E-state index in [1.165, 1.54) is 25.2 Å². The van der Waals surface area contributed by atoms with E-state index < -0.39 is 28.7 Å². The first kappa shape index (κ1) is 23.3. The molecule has 1 aliphatic heterocycles. The van der Waals surface area contributed by atoms with Crippen LogP contribution in [0.2, 0.25) is 0 Å². The van der Waals surface area contributed by atoms with Crippen LogP contribution in [0.25, 0.3) is 0 Å². The first-order chi connectivity index (χ1) is 16.1. The maximum Gasteiger partial charge on any atom is 0.162 e. The first-order valence-corrected chi connectivity index (χ1v) is 10.8. The number of methoxy groups -OCH3 is 2. The van der Waals surface area contributed by atoms with Crippen LogP contribution in [0.3, 0.4) is 0 Å². The average molecular weight is 466 g/mol. The fourth-order valence-electron chi connectivity index (χ4n) is 4.83. The van der Waals surface area contributed by atoms with Gasteiger partial charge in [0.05, 0.1) is 31.8 Å². The van der Waals surface area contributed by atoms with Gasteiger partial charge < -0.3 is 15.2 Å². The second kappa shape index (κ2) is 8.49. The van der Waals surface area contributed by atoms with Gasteiger partial charge >= 0.3 is 0 Å². The number of rotatable bonds is 4. The number of hydrogen-bond acceptors (Lipinski definition) is 6. The Hall–Kier alpha value is -3.86. The van der Waals surface area contributed by atoms with E-state index in [1.54, 1.807) is 18.2 Å². The third-order valence-corrected chi connectivity index (χ3v) is 6.28. The van der Waals surface area contributed by atoms with E-state index in [0.29, 0.717) is 34.8 Å². The molecule has 0 fully saturated rings. The number of carbonyl (C=O) groups is 1. The van der Waals surface area contributed by atoms with Crippen molar-refractivity contribution in [3.63, 3.8) is 0 Å². The van der Waals surface area contributed by atoms with E-state index in [0.717, 1.165) is 12.1 Å². The molecule has 2 aromatic carbocycles. The molecule has 0 spiro atoms. The van der Waals surface area contributed by atoms with Gasteiger partial charge in [-0.3, -0.25) is 9.69 Å². The molecule has 0 bridgehead atoms. The number of nitrogens with zero attached hydrogens (tertiary/aromatic N) is 2. The molecule has 1 atom stereocenters. The fourth-order valence-corrected chi connectivity index (χ4v) is 4.83. The highest BCUT2D eigenvalue weighted by Gasteiger charge is 2.45. The SMILES string of the molecule is COc1ccc([C@H]2C(C#N)=C(N)N(c3c(F)cccc3F)C3=C2C(=O)CC(C)(C)C3)cc1OC. The van der Waals surface area contributed by atoms with E-state index in [9.17, 15) is 18.8 Å². The van der Waals surface area contributed by atoms with Crippen LogP contribution in [0, 0.1) is 28.4 Å². The number of nitrogens with two attached hydrogens (primary N) is 1. The van der Waals surface area contributed by atoms with Crippen LogP contribution in [-0.2, 0) is 4.79 Å².